The molecule has 2 aromatic heterocycles. The standard InChI is InChI=1S/C16H12FN3O2S/c17-9-3-4-10-11(6-9)16(20-15(22)12(10)7-18)23-8-13-14(21)2-1-5-19-13/h1-7,18,21H,8H2,(H,20,22). The van der Waals surface area contributed by atoms with Gasteiger partial charge >= 0.3 is 0 Å². The number of hydrogen-bond donors (Lipinski definition) is 3. The molecule has 23 heavy (non-hydrogen) atoms. The fraction of sp³-hybridized carbons (Fsp3) is 0.0625. The van der Waals surface area contributed by atoms with Crippen LogP contribution in [0.1, 0.15) is 11.3 Å². The number of rotatable bonds is 4. The molecule has 0 bridgehead atoms. The number of hydrogen-bond acceptors (Lipinski definition) is 5. The minimum Gasteiger partial charge on any atom is -0.506 e. The third-order valence-electron chi connectivity index (χ3n) is 3.35. The normalized spacial score (nSPS) is 10.8. The highest BCUT2D eigenvalue weighted by Crippen LogP contribution is 2.30. The summed E-state index contributed by atoms with van der Waals surface area (Å²) in [5.74, 6) is -0.0463. The highest BCUT2D eigenvalue weighted by atomic mass is 32.2. The Morgan fingerprint density at radius 1 is 1.35 bits per heavy atom. The molecule has 0 spiro atoms. The van der Waals surface area contributed by atoms with E-state index in [2.05, 4.69) is 9.97 Å². The van der Waals surface area contributed by atoms with Crippen molar-refractivity contribution in [3.63, 3.8) is 0 Å². The van der Waals surface area contributed by atoms with Crippen LogP contribution in [0.2, 0.25) is 0 Å². The average Bonchev–Trinajstić information content (AvgIpc) is 2.54. The zero-order valence-corrected chi connectivity index (χ0v) is 12.7. The molecular formula is C16H12FN3O2S. The molecule has 0 saturated heterocycles. The Morgan fingerprint density at radius 2 is 2.17 bits per heavy atom. The summed E-state index contributed by atoms with van der Waals surface area (Å²) in [7, 11) is 0. The first-order valence-electron chi connectivity index (χ1n) is 6.72. The number of pyridine rings is 2. The lowest BCUT2D eigenvalue weighted by Gasteiger charge is -2.09. The lowest BCUT2D eigenvalue weighted by molar-refractivity contribution is 0.467. The maximum atomic E-state index is 13.6. The van der Waals surface area contributed by atoms with Gasteiger partial charge in [0, 0.05) is 23.6 Å². The predicted octanol–water partition coefficient (Wildman–Crippen LogP) is 3.06. The van der Waals surface area contributed by atoms with E-state index in [1.54, 1.807) is 12.3 Å². The summed E-state index contributed by atoms with van der Waals surface area (Å²) in [5.41, 5.74) is 0.246. The lowest BCUT2D eigenvalue weighted by atomic mass is 10.1. The van der Waals surface area contributed by atoms with E-state index in [1.807, 2.05) is 0 Å². The molecule has 3 aromatic rings. The van der Waals surface area contributed by atoms with Gasteiger partial charge < -0.3 is 15.5 Å². The molecule has 3 N–H and O–H groups in total. The molecule has 0 atom stereocenters. The van der Waals surface area contributed by atoms with Gasteiger partial charge in [0.15, 0.2) is 0 Å². The zero-order chi connectivity index (χ0) is 16.4. The van der Waals surface area contributed by atoms with Gasteiger partial charge in [-0.15, -0.1) is 11.8 Å². The molecule has 1 aromatic carbocycles. The van der Waals surface area contributed by atoms with Crippen molar-refractivity contribution < 1.29 is 9.50 Å². The quantitative estimate of drug-likeness (QED) is 0.507. The largest absolute Gasteiger partial charge is 0.506 e. The topological polar surface area (TPSA) is 89.8 Å². The van der Waals surface area contributed by atoms with Crippen LogP contribution in [0.15, 0.2) is 46.3 Å². The van der Waals surface area contributed by atoms with Crippen LogP contribution in [0.25, 0.3) is 10.8 Å². The van der Waals surface area contributed by atoms with Crippen LogP contribution < -0.4 is 5.56 Å². The maximum Gasteiger partial charge on any atom is 0.258 e. The van der Waals surface area contributed by atoms with Crippen molar-refractivity contribution in [2.24, 2.45) is 0 Å². The Morgan fingerprint density at radius 3 is 2.91 bits per heavy atom. The molecule has 116 valence electrons. The molecule has 0 aliphatic carbocycles. The number of aromatic nitrogens is 2. The van der Waals surface area contributed by atoms with Gasteiger partial charge in [0.05, 0.1) is 16.3 Å². The summed E-state index contributed by atoms with van der Waals surface area (Å²) >= 11 is 1.24. The van der Waals surface area contributed by atoms with Crippen LogP contribution in [0.3, 0.4) is 0 Å². The van der Waals surface area contributed by atoms with Crippen LogP contribution in [0, 0.1) is 11.2 Å². The molecule has 0 fully saturated rings. The summed E-state index contributed by atoms with van der Waals surface area (Å²) in [6, 6.07) is 7.21. The first-order valence-corrected chi connectivity index (χ1v) is 7.70. The van der Waals surface area contributed by atoms with Gasteiger partial charge in [-0.05, 0) is 29.7 Å². The van der Waals surface area contributed by atoms with Crippen LogP contribution in [-0.4, -0.2) is 21.3 Å². The van der Waals surface area contributed by atoms with Gasteiger partial charge in [0.2, 0.25) is 0 Å². The molecule has 0 amide bonds. The van der Waals surface area contributed by atoms with Crippen LogP contribution in [-0.2, 0) is 5.75 Å². The van der Waals surface area contributed by atoms with Gasteiger partial charge in [-0.25, -0.2) is 4.39 Å². The van der Waals surface area contributed by atoms with Gasteiger partial charge in [-0.1, -0.05) is 6.07 Å². The smallest absolute Gasteiger partial charge is 0.258 e. The minimum atomic E-state index is -0.428. The van der Waals surface area contributed by atoms with Gasteiger partial charge in [0.25, 0.3) is 5.56 Å². The molecule has 0 aliphatic rings. The van der Waals surface area contributed by atoms with Crippen molar-refractivity contribution in [1.29, 1.82) is 5.41 Å². The van der Waals surface area contributed by atoms with E-state index in [0.29, 0.717) is 27.2 Å². The number of aromatic amines is 1. The van der Waals surface area contributed by atoms with E-state index >= 15 is 0 Å². The van der Waals surface area contributed by atoms with Crippen molar-refractivity contribution in [2.75, 3.05) is 0 Å². The molecule has 0 radical (unpaired) electrons. The number of nitrogens with zero attached hydrogens (tertiary/aromatic N) is 1. The van der Waals surface area contributed by atoms with E-state index in [4.69, 9.17) is 5.41 Å². The van der Waals surface area contributed by atoms with Gasteiger partial charge in [-0.3, -0.25) is 9.78 Å². The fourth-order valence-electron chi connectivity index (χ4n) is 2.24. The summed E-state index contributed by atoms with van der Waals surface area (Å²) in [6.07, 6.45) is 2.52. The molecule has 3 rings (SSSR count). The number of halogens is 1. The Labute approximate surface area is 134 Å². The summed E-state index contributed by atoms with van der Waals surface area (Å²) in [4.78, 5) is 18.8. The van der Waals surface area contributed by atoms with Crippen LogP contribution in [0.5, 0.6) is 5.75 Å². The number of H-pyrrole nitrogens is 1. The van der Waals surface area contributed by atoms with E-state index in [-0.39, 0.29) is 11.3 Å². The summed E-state index contributed by atoms with van der Waals surface area (Å²) in [6.45, 7) is 0. The van der Waals surface area contributed by atoms with Crippen LogP contribution in [0.4, 0.5) is 4.39 Å². The van der Waals surface area contributed by atoms with E-state index in [0.717, 1.165) is 6.21 Å². The third kappa shape index (κ3) is 2.95. The van der Waals surface area contributed by atoms with Crippen molar-refractivity contribution >= 4 is 28.7 Å². The van der Waals surface area contributed by atoms with E-state index in [9.17, 15) is 14.3 Å². The highest BCUT2D eigenvalue weighted by Gasteiger charge is 2.12. The van der Waals surface area contributed by atoms with Gasteiger partial charge in [0.1, 0.15) is 11.6 Å². The Balaban J connectivity index is 2.07. The lowest BCUT2D eigenvalue weighted by Crippen LogP contribution is -2.13. The van der Waals surface area contributed by atoms with E-state index in [1.165, 1.54) is 36.0 Å². The first-order chi connectivity index (χ1) is 11.1. The molecule has 0 saturated carbocycles. The zero-order valence-electron chi connectivity index (χ0n) is 11.8. The second kappa shape index (κ2) is 6.21. The first kappa shape index (κ1) is 15.2. The molecule has 2 heterocycles. The third-order valence-corrected chi connectivity index (χ3v) is 4.38. The summed E-state index contributed by atoms with van der Waals surface area (Å²) in [5, 5.41) is 18.6. The van der Waals surface area contributed by atoms with Crippen molar-refractivity contribution in [3.05, 3.63) is 64.0 Å². The summed E-state index contributed by atoms with van der Waals surface area (Å²) < 4.78 is 13.6. The minimum absolute atomic E-state index is 0.0638. The maximum absolute atomic E-state index is 13.6. The van der Waals surface area contributed by atoms with E-state index < -0.39 is 11.4 Å². The van der Waals surface area contributed by atoms with Crippen molar-refractivity contribution in [1.82, 2.24) is 9.97 Å². The number of aromatic hydroxyl groups is 1. The Hall–Kier alpha value is -2.67. The Bertz CT molecular complexity index is 956. The van der Waals surface area contributed by atoms with Crippen LogP contribution >= 0.6 is 11.8 Å². The fourth-order valence-corrected chi connectivity index (χ4v) is 3.23. The second-order valence-corrected chi connectivity index (χ2v) is 5.77. The monoisotopic (exact) mass is 329 g/mol. The highest BCUT2D eigenvalue weighted by molar-refractivity contribution is 7.98. The molecule has 7 heteroatoms. The number of benzene rings is 1. The molecule has 5 nitrogen and oxygen atoms in total. The Kier molecular flexibility index (Phi) is 4.12. The number of nitrogens with one attached hydrogen (secondary N) is 2. The predicted molar refractivity (Wildman–Crippen MR) is 87.9 cm³/mol. The molecule has 0 unspecified atom stereocenters. The molecule has 0 aliphatic heterocycles. The SMILES string of the molecule is N=Cc1c(=O)[nH]c(SCc2ncccc2O)c2cc(F)ccc12. The molecular weight excluding hydrogens is 317 g/mol. The van der Waals surface area contributed by atoms with Crippen molar-refractivity contribution in [2.45, 2.75) is 10.8 Å². The second-order valence-electron chi connectivity index (χ2n) is 4.79. The van der Waals surface area contributed by atoms with Crippen molar-refractivity contribution in [3.8, 4) is 5.75 Å². The number of fused-ring (bicyclic) bond motifs is 1. The average molecular weight is 329 g/mol. The number of thioether (sulfide) groups is 1. The van der Waals surface area contributed by atoms with Gasteiger partial charge in [-0.2, -0.15) is 0 Å².